The molecule has 2 aliphatic heterocycles. The molecule has 41 heavy (non-hydrogen) atoms. The van der Waals surface area contributed by atoms with Crippen LogP contribution in [0.1, 0.15) is 20.7 Å². The number of hydrogen-bond acceptors (Lipinski definition) is 10. The minimum atomic E-state index is -5.44. The molecule has 2 amide bonds. The molecule has 5 rings (SSSR count). The summed E-state index contributed by atoms with van der Waals surface area (Å²) in [7, 11) is -5.44. The number of piperazine rings is 1. The standard InChI is InChI=1S/C23H21FN7O7P.2Na/c24-17-12-25-21(31-7-6-26-27-31)19-18(17)16(13-30(19)14-38-39(35,36)37)20(32)23(34)29-10-8-28(9-11-29)22(33)15-4-2-1-3-5-15;;/h1-5,7,12-13H,6,8-11,14H2,(H-,35,36,37);;/q;2*+1/p-1. The number of hydrogen-bond donors (Lipinski definition) is 0. The summed E-state index contributed by atoms with van der Waals surface area (Å²) >= 11 is 0. The number of carbonyl (C=O) groups excluding carboxylic acids is 3. The van der Waals surface area contributed by atoms with E-state index in [1.54, 1.807) is 35.2 Å². The van der Waals surface area contributed by atoms with Crippen molar-refractivity contribution in [3.63, 3.8) is 0 Å². The van der Waals surface area contributed by atoms with Crippen LogP contribution in [-0.2, 0) is 20.6 Å². The number of rotatable bonds is 7. The van der Waals surface area contributed by atoms with Gasteiger partial charge in [0.1, 0.15) is 24.7 Å². The molecule has 0 N–H and O–H groups in total. The molecule has 1 aromatic carbocycles. The second kappa shape index (κ2) is 13.9. The zero-order valence-electron chi connectivity index (χ0n) is 22.2. The van der Waals surface area contributed by atoms with E-state index in [0.29, 0.717) is 5.56 Å². The van der Waals surface area contributed by atoms with Crippen LogP contribution >= 0.6 is 7.82 Å². The molecule has 0 atom stereocenters. The molecule has 2 aliphatic rings. The summed E-state index contributed by atoms with van der Waals surface area (Å²) in [6.07, 6.45) is 3.34. The van der Waals surface area contributed by atoms with Crippen molar-refractivity contribution in [3.8, 4) is 0 Å². The van der Waals surface area contributed by atoms with Crippen molar-refractivity contribution in [3.05, 3.63) is 59.7 Å². The fourth-order valence-corrected chi connectivity index (χ4v) is 4.64. The third kappa shape index (κ3) is 7.25. The second-order valence-electron chi connectivity index (χ2n) is 8.59. The number of amides is 2. The van der Waals surface area contributed by atoms with Crippen LogP contribution in [0, 0.1) is 5.82 Å². The number of phosphoric acid groups is 1. The Balaban J connectivity index is 0.00000231. The van der Waals surface area contributed by atoms with E-state index in [-0.39, 0.29) is 120 Å². The van der Waals surface area contributed by atoms with E-state index in [9.17, 15) is 28.7 Å². The van der Waals surface area contributed by atoms with Crippen LogP contribution in [0.5, 0.6) is 0 Å². The van der Waals surface area contributed by atoms with Crippen LogP contribution in [0.15, 0.2) is 53.1 Å². The molecule has 1 fully saturated rings. The molecule has 1 saturated heterocycles. The summed E-state index contributed by atoms with van der Waals surface area (Å²) < 4.78 is 32.7. The van der Waals surface area contributed by atoms with Gasteiger partial charge in [-0.05, 0) is 17.2 Å². The number of nitrogens with zero attached hydrogens (tertiary/aromatic N) is 7. The van der Waals surface area contributed by atoms with Gasteiger partial charge in [-0.3, -0.25) is 14.4 Å². The summed E-state index contributed by atoms with van der Waals surface area (Å²) in [5.41, 5.74) is -0.0148. The van der Waals surface area contributed by atoms with E-state index in [0.717, 1.165) is 17.0 Å². The normalized spacial score (nSPS) is 14.9. The van der Waals surface area contributed by atoms with Gasteiger partial charge in [-0.2, -0.15) is 0 Å². The molecule has 18 heteroatoms. The van der Waals surface area contributed by atoms with E-state index in [1.165, 1.54) is 15.8 Å². The van der Waals surface area contributed by atoms with Crippen molar-refractivity contribution in [1.82, 2.24) is 19.4 Å². The Hall–Kier alpha value is -2.17. The fraction of sp³-hybridized carbons (Fsp3) is 0.261. The first-order valence-corrected chi connectivity index (χ1v) is 13.1. The summed E-state index contributed by atoms with van der Waals surface area (Å²) in [6, 6.07) is 8.63. The minimum Gasteiger partial charge on any atom is -0.790 e. The van der Waals surface area contributed by atoms with Gasteiger partial charge in [0.2, 0.25) is 0 Å². The maximum Gasteiger partial charge on any atom is 1.00 e. The number of halogens is 1. The van der Waals surface area contributed by atoms with Crippen LogP contribution in [0.4, 0.5) is 10.2 Å². The molecule has 4 heterocycles. The van der Waals surface area contributed by atoms with Gasteiger partial charge in [0, 0.05) is 37.9 Å². The third-order valence-electron chi connectivity index (χ3n) is 6.21. The summed E-state index contributed by atoms with van der Waals surface area (Å²) in [5, 5.41) is 7.28. The molecule has 0 unspecified atom stereocenters. The maximum absolute atomic E-state index is 15.1. The SMILES string of the molecule is O=C(C(=O)N1CCN(C(=O)c2ccccc2)CC1)c1cn(COP(=O)([O-])[O-])c2c([N+]3=CCN=N3)ncc(F)c12.[Na+].[Na+]. The molecule has 2 aromatic heterocycles. The first-order chi connectivity index (χ1) is 18.6. The minimum absolute atomic E-state index is 0. The number of Topliss-reactive ketones (excluding diaryl/α,β-unsaturated/α-hetero) is 1. The summed E-state index contributed by atoms with van der Waals surface area (Å²) in [4.78, 5) is 68.2. The number of carbonyl (C=O) groups is 3. The Morgan fingerprint density at radius 1 is 1.05 bits per heavy atom. The molecule has 0 aliphatic carbocycles. The first kappa shape index (κ1) is 33.3. The second-order valence-corrected chi connectivity index (χ2v) is 9.74. The number of benzene rings is 1. The molecule has 0 spiro atoms. The van der Waals surface area contributed by atoms with Gasteiger partial charge < -0.3 is 33.2 Å². The number of fused-ring (bicyclic) bond motifs is 1. The molecule has 202 valence electrons. The summed E-state index contributed by atoms with van der Waals surface area (Å²) in [6.45, 7) is -0.202. The largest absolute Gasteiger partial charge is 1.00 e. The van der Waals surface area contributed by atoms with Crippen molar-refractivity contribution in [2.75, 3.05) is 32.7 Å². The molecule has 14 nitrogen and oxygen atoms in total. The van der Waals surface area contributed by atoms with E-state index in [1.807, 2.05) is 0 Å². The Kier molecular flexibility index (Phi) is 11.3. The van der Waals surface area contributed by atoms with Gasteiger partial charge in [0.05, 0.1) is 24.0 Å². The van der Waals surface area contributed by atoms with Crippen LogP contribution in [0.3, 0.4) is 0 Å². The van der Waals surface area contributed by atoms with Crippen molar-refractivity contribution < 1.29 is 101 Å². The van der Waals surface area contributed by atoms with E-state index < -0.39 is 32.1 Å². The monoisotopic (exact) mass is 602 g/mol. The van der Waals surface area contributed by atoms with Gasteiger partial charge in [0.25, 0.3) is 17.6 Å². The Morgan fingerprint density at radius 3 is 2.32 bits per heavy atom. The number of aromatic nitrogens is 2. The number of pyridine rings is 1. The third-order valence-corrected chi connectivity index (χ3v) is 6.64. The molecule has 0 radical (unpaired) electrons. The van der Waals surface area contributed by atoms with Gasteiger partial charge in [-0.15, -0.1) is 9.67 Å². The Bertz CT molecular complexity index is 1590. The first-order valence-electron chi connectivity index (χ1n) is 11.7. The van der Waals surface area contributed by atoms with Gasteiger partial charge >= 0.3 is 64.9 Å². The van der Waals surface area contributed by atoms with Crippen molar-refractivity contribution in [2.24, 2.45) is 10.3 Å². The Morgan fingerprint density at radius 2 is 1.71 bits per heavy atom. The van der Waals surface area contributed by atoms with Gasteiger partial charge in [-0.25, -0.2) is 4.39 Å². The molecule has 0 bridgehead atoms. The smallest absolute Gasteiger partial charge is 0.790 e. The van der Waals surface area contributed by atoms with Crippen molar-refractivity contribution in [2.45, 2.75) is 6.73 Å². The summed E-state index contributed by atoms with van der Waals surface area (Å²) in [5.74, 6) is -3.21. The van der Waals surface area contributed by atoms with Crippen molar-refractivity contribution in [1.29, 1.82) is 0 Å². The predicted molar refractivity (Wildman–Crippen MR) is 127 cm³/mol. The number of ketones is 1. The van der Waals surface area contributed by atoms with E-state index in [2.05, 4.69) is 19.8 Å². The quantitative estimate of drug-likeness (QED) is 0.0845. The zero-order chi connectivity index (χ0) is 27.7. The van der Waals surface area contributed by atoms with Crippen LogP contribution < -0.4 is 68.9 Å². The van der Waals surface area contributed by atoms with Crippen LogP contribution in [-0.4, -0.2) is 80.6 Å². The maximum atomic E-state index is 15.1. The topological polar surface area (TPSA) is 176 Å². The number of phosphoric ester groups is 1. The van der Waals surface area contributed by atoms with Gasteiger partial charge in [-0.1, -0.05) is 18.2 Å². The average molecular weight is 602 g/mol. The molecular formula is C23H20FN7Na2O7P+. The van der Waals surface area contributed by atoms with Crippen LogP contribution in [0.25, 0.3) is 10.9 Å². The Labute approximate surface area is 276 Å². The van der Waals surface area contributed by atoms with Crippen LogP contribution in [0.2, 0.25) is 0 Å². The molecule has 3 aromatic rings. The average Bonchev–Trinajstić information content (AvgIpc) is 3.61. The van der Waals surface area contributed by atoms with Crippen molar-refractivity contribution >= 4 is 48.4 Å². The fourth-order valence-electron chi connectivity index (χ4n) is 4.37. The molecule has 0 saturated carbocycles. The van der Waals surface area contributed by atoms with E-state index in [4.69, 9.17) is 0 Å². The van der Waals surface area contributed by atoms with E-state index >= 15 is 4.39 Å². The van der Waals surface area contributed by atoms with Gasteiger partial charge in [0.15, 0.2) is 12.4 Å². The predicted octanol–water partition coefficient (Wildman–Crippen LogP) is -5.75. The zero-order valence-corrected chi connectivity index (χ0v) is 27.1. The molecular weight excluding hydrogens is 582 g/mol.